The van der Waals surface area contributed by atoms with Gasteiger partial charge in [-0.2, -0.15) is 0 Å². The number of ether oxygens (including phenoxy) is 1. The summed E-state index contributed by atoms with van der Waals surface area (Å²) >= 11 is 0. The second kappa shape index (κ2) is 3.96. The van der Waals surface area contributed by atoms with E-state index >= 15 is 0 Å². The fourth-order valence-electron chi connectivity index (χ4n) is 1.98. The molecule has 1 aromatic rings. The van der Waals surface area contributed by atoms with Crippen molar-refractivity contribution in [2.75, 3.05) is 20.2 Å². The van der Waals surface area contributed by atoms with Crippen molar-refractivity contribution in [3.63, 3.8) is 0 Å². The molecule has 1 saturated heterocycles. The number of hydrogen-bond acceptors (Lipinski definition) is 2. The van der Waals surface area contributed by atoms with E-state index in [4.69, 9.17) is 4.74 Å². The third-order valence-electron chi connectivity index (χ3n) is 2.70. The van der Waals surface area contributed by atoms with E-state index in [9.17, 15) is 4.39 Å². The molecular weight excluding hydrogens is 181 g/mol. The van der Waals surface area contributed by atoms with Crippen molar-refractivity contribution in [3.05, 3.63) is 29.6 Å². The highest BCUT2D eigenvalue weighted by Crippen LogP contribution is 2.32. The predicted molar refractivity (Wildman–Crippen MR) is 53.2 cm³/mol. The van der Waals surface area contributed by atoms with Gasteiger partial charge in [-0.1, -0.05) is 12.1 Å². The van der Waals surface area contributed by atoms with Crippen LogP contribution < -0.4 is 10.1 Å². The minimum Gasteiger partial charge on any atom is -0.493 e. The van der Waals surface area contributed by atoms with Crippen molar-refractivity contribution in [3.8, 4) is 5.75 Å². The van der Waals surface area contributed by atoms with Gasteiger partial charge in [0.15, 0.2) is 11.6 Å². The fourth-order valence-corrected chi connectivity index (χ4v) is 1.98. The summed E-state index contributed by atoms with van der Waals surface area (Å²) in [5, 5.41) is 3.26. The summed E-state index contributed by atoms with van der Waals surface area (Å²) in [5.41, 5.74) is 0.984. The standard InChI is InChI=1S/C11H14FNO/c1-14-11-9(3-2-4-10(11)12)8-5-6-13-7-8/h2-4,8,13H,5-7H2,1H3. The first-order valence-corrected chi connectivity index (χ1v) is 4.86. The van der Waals surface area contributed by atoms with Crippen LogP contribution in [-0.2, 0) is 0 Å². The largest absolute Gasteiger partial charge is 0.493 e. The molecule has 0 aliphatic carbocycles. The molecule has 14 heavy (non-hydrogen) atoms. The molecule has 0 amide bonds. The molecule has 0 saturated carbocycles. The minimum absolute atomic E-state index is 0.267. The Morgan fingerprint density at radius 3 is 3.00 bits per heavy atom. The van der Waals surface area contributed by atoms with Gasteiger partial charge in [0.1, 0.15) is 0 Å². The molecule has 1 fully saturated rings. The van der Waals surface area contributed by atoms with E-state index < -0.39 is 0 Å². The lowest BCUT2D eigenvalue weighted by Gasteiger charge is -2.13. The molecule has 0 radical (unpaired) electrons. The highest BCUT2D eigenvalue weighted by molar-refractivity contribution is 5.38. The predicted octanol–water partition coefficient (Wildman–Crippen LogP) is 1.91. The maximum absolute atomic E-state index is 13.4. The lowest BCUT2D eigenvalue weighted by Crippen LogP contribution is -2.09. The zero-order valence-electron chi connectivity index (χ0n) is 8.22. The summed E-state index contributed by atoms with van der Waals surface area (Å²) in [4.78, 5) is 0. The van der Waals surface area contributed by atoms with E-state index in [0.29, 0.717) is 11.7 Å². The van der Waals surface area contributed by atoms with Gasteiger partial charge in [-0.3, -0.25) is 0 Å². The van der Waals surface area contributed by atoms with Crippen molar-refractivity contribution in [2.45, 2.75) is 12.3 Å². The summed E-state index contributed by atoms with van der Waals surface area (Å²) in [5.74, 6) is 0.527. The maximum atomic E-state index is 13.4. The van der Waals surface area contributed by atoms with Gasteiger partial charge in [0, 0.05) is 18.0 Å². The lowest BCUT2D eigenvalue weighted by atomic mass is 9.97. The van der Waals surface area contributed by atoms with Crippen LogP contribution in [0.2, 0.25) is 0 Å². The quantitative estimate of drug-likeness (QED) is 0.778. The van der Waals surface area contributed by atoms with E-state index in [1.165, 1.54) is 13.2 Å². The second-order valence-corrected chi connectivity index (χ2v) is 3.55. The van der Waals surface area contributed by atoms with E-state index in [1.54, 1.807) is 6.07 Å². The van der Waals surface area contributed by atoms with Gasteiger partial charge in [0.05, 0.1) is 7.11 Å². The number of hydrogen-bond donors (Lipinski definition) is 1. The molecular formula is C11H14FNO. The zero-order chi connectivity index (χ0) is 9.97. The van der Waals surface area contributed by atoms with Crippen LogP contribution in [-0.4, -0.2) is 20.2 Å². The molecule has 1 unspecified atom stereocenters. The second-order valence-electron chi connectivity index (χ2n) is 3.55. The van der Waals surface area contributed by atoms with Crippen LogP contribution in [0.3, 0.4) is 0 Å². The van der Waals surface area contributed by atoms with E-state index in [2.05, 4.69) is 5.32 Å². The summed E-state index contributed by atoms with van der Waals surface area (Å²) in [6, 6.07) is 5.12. The molecule has 1 atom stereocenters. The average molecular weight is 195 g/mol. The summed E-state index contributed by atoms with van der Waals surface area (Å²) in [6.07, 6.45) is 1.06. The van der Waals surface area contributed by atoms with Crippen LogP contribution in [0.25, 0.3) is 0 Å². The van der Waals surface area contributed by atoms with Crippen molar-refractivity contribution in [2.24, 2.45) is 0 Å². The molecule has 1 aliphatic heterocycles. The van der Waals surface area contributed by atoms with Gasteiger partial charge in [-0.25, -0.2) is 4.39 Å². The number of para-hydroxylation sites is 1. The molecule has 1 aromatic carbocycles. The van der Waals surface area contributed by atoms with Gasteiger partial charge in [-0.15, -0.1) is 0 Å². The maximum Gasteiger partial charge on any atom is 0.165 e. The first-order chi connectivity index (χ1) is 6.83. The van der Waals surface area contributed by atoms with Crippen LogP contribution in [0.4, 0.5) is 4.39 Å². The van der Waals surface area contributed by atoms with Gasteiger partial charge >= 0.3 is 0 Å². The third-order valence-corrected chi connectivity index (χ3v) is 2.70. The Bertz CT molecular complexity index is 321. The average Bonchev–Trinajstić information content (AvgIpc) is 2.70. The Kier molecular flexibility index (Phi) is 2.68. The number of halogens is 1. The molecule has 0 spiro atoms. The molecule has 0 aromatic heterocycles. The van der Waals surface area contributed by atoms with Crippen molar-refractivity contribution >= 4 is 0 Å². The SMILES string of the molecule is COc1c(F)cccc1C1CCNC1. The van der Waals surface area contributed by atoms with E-state index in [-0.39, 0.29) is 5.82 Å². The number of methoxy groups -OCH3 is 1. The number of nitrogens with one attached hydrogen (secondary N) is 1. The number of benzene rings is 1. The Hall–Kier alpha value is -1.09. The molecule has 2 nitrogen and oxygen atoms in total. The minimum atomic E-state index is -0.267. The topological polar surface area (TPSA) is 21.3 Å². The molecule has 1 heterocycles. The Morgan fingerprint density at radius 1 is 1.50 bits per heavy atom. The van der Waals surface area contributed by atoms with Gasteiger partial charge < -0.3 is 10.1 Å². The van der Waals surface area contributed by atoms with Crippen LogP contribution in [0.1, 0.15) is 17.9 Å². The van der Waals surface area contributed by atoms with Crippen LogP contribution in [0, 0.1) is 5.82 Å². The van der Waals surface area contributed by atoms with Gasteiger partial charge in [-0.05, 0) is 19.0 Å². The normalized spacial score (nSPS) is 21.1. The van der Waals surface area contributed by atoms with E-state index in [0.717, 1.165) is 25.1 Å². The third kappa shape index (κ3) is 1.60. The monoisotopic (exact) mass is 195 g/mol. The fraction of sp³-hybridized carbons (Fsp3) is 0.455. The molecule has 1 N–H and O–H groups in total. The Labute approximate surface area is 83.1 Å². The smallest absolute Gasteiger partial charge is 0.165 e. The van der Waals surface area contributed by atoms with Crippen LogP contribution >= 0.6 is 0 Å². The molecule has 3 heteroatoms. The van der Waals surface area contributed by atoms with Gasteiger partial charge in [0.2, 0.25) is 0 Å². The summed E-state index contributed by atoms with van der Waals surface area (Å²) in [6.45, 7) is 1.92. The molecule has 76 valence electrons. The number of rotatable bonds is 2. The first-order valence-electron chi connectivity index (χ1n) is 4.86. The summed E-state index contributed by atoms with van der Waals surface area (Å²) < 4.78 is 18.4. The van der Waals surface area contributed by atoms with Crippen molar-refractivity contribution in [1.82, 2.24) is 5.32 Å². The van der Waals surface area contributed by atoms with Crippen molar-refractivity contribution < 1.29 is 9.13 Å². The lowest BCUT2D eigenvalue weighted by molar-refractivity contribution is 0.378. The first kappa shape index (κ1) is 9.46. The highest BCUT2D eigenvalue weighted by atomic mass is 19.1. The summed E-state index contributed by atoms with van der Waals surface area (Å²) in [7, 11) is 1.52. The Morgan fingerprint density at radius 2 is 2.36 bits per heavy atom. The Balaban J connectivity index is 2.35. The highest BCUT2D eigenvalue weighted by Gasteiger charge is 2.21. The molecule has 0 bridgehead atoms. The van der Waals surface area contributed by atoms with Crippen molar-refractivity contribution in [1.29, 1.82) is 0 Å². The zero-order valence-corrected chi connectivity index (χ0v) is 8.22. The molecule has 2 rings (SSSR count). The molecule has 1 aliphatic rings. The van der Waals surface area contributed by atoms with Gasteiger partial charge in [0.25, 0.3) is 0 Å². The van der Waals surface area contributed by atoms with Crippen LogP contribution in [0.5, 0.6) is 5.75 Å². The van der Waals surface area contributed by atoms with Crippen LogP contribution in [0.15, 0.2) is 18.2 Å². The van der Waals surface area contributed by atoms with E-state index in [1.807, 2.05) is 6.07 Å².